The normalized spacial score (nSPS) is 28.5. The summed E-state index contributed by atoms with van der Waals surface area (Å²) in [6, 6.07) is -5.59. The summed E-state index contributed by atoms with van der Waals surface area (Å²) in [6.45, 7) is 26.2. The molecule has 0 radical (unpaired) electrons. The van der Waals surface area contributed by atoms with E-state index in [1.807, 2.05) is 27.7 Å². The molecule has 0 aromatic carbocycles. The van der Waals surface area contributed by atoms with Gasteiger partial charge in [-0.3, -0.25) is 29.0 Å². The Labute approximate surface area is 307 Å². The number of carbonyl (C=O) groups is 5. The number of fused-ring (bicyclic) bond motifs is 2. The van der Waals surface area contributed by atoms with Crippen molar-refractivity contribution in [2.75, 3.05) is 12.3 Å². The lowest BCUT2D eigenvalue weighted by Gasteiger charge is -2.35. The molecule has 3 aliphatic rings. The molecule has 8 atom stereocenters. The Balaban J connectivity index is 2.13. The molecule has 3 heterocycles. The van der Waals surface area contributed by atoms with Crippen LogP contribution in [0.4, 0.5) is 0 Å². The molecule has 0 aliphatic carbocycles. The molecule has 13 nitrogen and oxygen atoms in total. The van der Waals surface area contributed by atoms with E-state index in [0.29, 0.717) is 36.6 Å². The smallest absolute Gasteiger partial charge is 0.246 e. The van der Waals surface area contributed by atoms with E-state index in [4.69, 9.17) is 14.5 Å². The maximum Gasteiger partial charge on any atom is 0.246 e. The molecule has 0 aromatic rings. The molecule has 0 spiro atoms. The predicted octanol–water partition coefficient (Wildman–Crippen LogP) is 2.89. The lowest BCUT2D eigenvalue weighted by Crippen LogP contribution is -2.62. The molecule has 0 aromatic heterocycles. The zero-order valence-electron chi connectivity index (χ0n) is 32.0. The number of thioether (sulfide) groups is 1. The third-order valence-corrected chi connectivity index (χ3v) is 10.6. The molecular formula is C37H60N6O7S. The quantitative estimate of drug-likeness (QED) is 0.236. The first-order chi connectivity index (χ1) is 23.7. The number of ether oxygens (including phenoxy) is 2. The summed E-state index contributed by atoms with van der Waals surface area (Å²) >= 11 is 1.36. The van der Waals surface area contributed by atoms with Crippen LogP contribution in [0.15, 0.2) is 30.3 Å². The molecule has 4 N–H and O–H groups in total. The first-order valence-corrected chi connectivity index (χ1v) is 19.0. The van der Waals surface area contributed by atoms with E-state index in [1.54, 1.807) is 53.7 Å². The van der Waals surface area contributed by atoms with Gasteiger partial charge in [0.2, 0.25) is 29.5 Å². The van der Waals surface area contributed by atoms with Crippen molar-refractivity contribution in [3.05, 3.63) is 25.3 Å². The van der Waals surface area contributed by atoms with E-state index < -0.39 is 89.2 Å². The summed E-state index contributed by atoms with van der Waals surface area (Å²) in [6.07, 6.45) is 3.08. The lowest BCUT2D eigenvalue weighted by atomic mass is 10.00. The number of nitrogens with zero attached hydrogens (tertiary/aromatic N) is 2. The molecule has 286 valence electrons. The highest BCUT2D eigenvalue weighted by atomic mass is 32.2. The van der Waals surface area contributed by atoms with Gasteiger partial charge in [0.1, 0.15) is 30.2 Å². The average Bonchev–Trinajstić information content (AvgIpc) is 3.74. The van der Waals surface area contributed by atoms with Crippen molar-refractivity contribution >= 4 is 46.3 Å². The summed E-state index contributed by atoms with van der Waals surface area (Å²) in [5, 5.41) is 12.3. The van der Waals surface area contributed by atoms with Crippen molar-refractivity contribution in [3.63, 3.8) is 0 Å². The van der Waals surface area contributed by atoms with Gasteiger partial charge in [0.15, 0.2) is 0 Å². The molecule has 5 amide bonds. The second kappa shape index (κ2) is 17.5. The fourth-order valence-electron chi connectivity index (χ4n) is 6.39. The van der Waals surface area contributed by atoms with Gasteiger partial charge in [0.05, 0.1) is 34.5 Å². The highest BCUT2D eigenvalue weighted by molar-refractivity contribution is 8.14. The Morgan fingerprint density at radius 2 is 1.31 bits per heavy atom. The average molecular weight is 733 g/mol. The number of hydrogen-bond acceptors (Lipinski definition) is 9. The summed E-state index contributed by atoms with van der Waals surface area (Å²) in [7, 11) is 0. The van der Waals surface area contributed by atoms with Crippen molar-refractivity contribution in [3.8, 4) is 0 Å². The van der Waals surface area contributed by atoms with Crippen molar-refractivity contribution in [2.24, 2.45) is 16.8 Å². The zero-order chi connectivity index (χ0) is 38.4. The van der Waals surface area contributed by atoms with Gasteiger partial charge in [-0.05, 0) is 72.6 Å². The molecule has 1 fully saturated rings. The van der Waals surface area contributed by atoms with Crippen LogP contribution in [0.5, 0.6) is 0 Å². The fourth-order valence-corrected chi connectivity index (χ4v) is 7.50. The van der Waals surface area contributed by atoms with Crippen LogP contribution in [0.3, 0.4) is 0 Å². The zero-order valence-corrected chi connectivity index (χ0v) is 32.9. The van der Waals surface area contributed by atoms with Crippen LogP contribution >= 0.6 is 11.8 Å². The highest BCUT2D eigenvalue weighted by Gasteiger charge is 2.43. The topological polar surface area (TPSA) is 168 Å². The maximum atomic E-state index is 14.2. The van der Waals surface area contributed by atoms with Gasteiger partial charge in [-0.1, -0.05) is 39.8 Å². The van der Waals surface area contributed by atoms with Crippen molar-refractivity contribution < 1.29 is 33.4 Å². The molecular weight excluding hydrogens is 673 g/mol. The van der Waals surface area contributed by atoms with E-state index in [1.165, 1.54) is 16.7 Å². The Morgan fingerprint density at radius 1 is 0.804 bits per heavy atom. The van der Waals surface area contributed by atoms with Crippen LogP contribution in [0.2, 0.25) is 0 Å². The van der Waals surface area contributed by atoms with Gasteiger partial charge in [-0.15, -0.1) is 24.9 Å². The van der Waals surface area contributed by atoms with Crippen LogP contribution in [0.25, 0.3) is 0 Å². The molecule has 2 bridgehead atoms. The van der Waals surface area contributed by atoms with Crippen molar-refractivity contribution in [2.45, 2.75) is 148 Å². The van der Waals surface area contributed by atoms with E-state index in [0.717, 1.165) is 0 Å². The molecule has 14 heteroatoms. The first kappa shape index (κ1) is 42.2. The minimum atomic E-state index is -1.18. The number of aliphatic imine (C=N–C) groups is 1. The molecule has 51 heavy (non-hydrogen) atoms. The molecule has 3 rings (SSSR count). The third kappa shape index (κ3) is 11.1. The Morgan fingerprint density at radius 3 is 1.82 bits per heavy atom. The van der Waals surface area contributed by atoms with E-state index >= 15 is 0 Å². The van der Waals surface area contributed by atoms with Crippen LogP contribution in [0.1, 0.15) is 88.5 Å². The molecule has 1 saturated heterocycles. The number of nitrogens with one attached hydrogen (secondary N) is 4. The van der Waals surface area contributed by atoms with Crippen LogP contribution in [-0.4, -0.2) is 111 Å². The Kier molecular flexibility index (Phi) is 14.5. The van der Waals surface area contributed by atoms with Gasteiger partial charge in [-0.2, -0.15) is 0 Å². The molecule has 3 aliphatic heterocycles. The largest absolute Gasteiger partial charge is 0.366 e. The number of hydrogen-bond donors (Lipinski definition) is 4. The minimum Gasteiger partial charge on any atom is -0.366 e. The van der Waals surface area contributed by atoms with Gasteiger partial charge < -0.3 is 35.6 Å². The summed E-state index contributed by atoms with van der Waals surface area (Å²) in [5.74, 6) is -2.39. The van der Waals surface area contributed by atoms with Crippen LogP contribution in [0, 0.1) is 11.8 Å². The third-order valence-electron chi connectivity index (χ3n) is 9.43. The summed E-state index contributed by atoms with van der Waals surface area (Å²) in [4.78, 5) is 76.5. The van der Waals surface area contributed by atoms with E-state index in [9.17, 15) is 24.0 Å². The standard InChI is InChI=1S/C37H60N6O7S/c1-13-36(9,10)49-22(7)28-32(46)38-24(18-20(3)4)34-39-25(19-51-34)30(44)41-29(23(8)50-37(11,12)14-2)33(47)40-27(21(5)6)35(48)43-17-15-16-26(43)31(45)42-28/h13-14,20-29H,1-2,15-19H2,3-12H3,(H,38,46)(H,40,47)(H,41,44)(H,42,45). The predicted molar refractivity (Wildman–Crippen MR) is 200 cm³/mol. The van der Waals surface area contributed by atoms with Crippen molar-refractivity contribution in [1.82, 2.24) is 26.2 Å². The Bertz CT molecular complexity index is 1360. The summed E-state index contributed by atoms with van der Waals surface area (Å²) < 4.78 is 12.4. The van der Waals surface area contributed by atoms with Gasteiger partial charge in [-0.25, -0.2) is 0 Å². The van der Waals surface area contributed by atoms with Gasteiger partial charge in [0.25, 0.3) is 0 Å². The van der Waals surface area contributed by atoms with E-state index in [2.05, 4.69) is 34.4 Å². The number of rotatable bonds is 11. The number of amides is 5. The highest BCUT2D eigenvalue weighted by Crippen LogP contribution is 2.26. The fraction of sp³-hybridized carbons (Fsp3) is 0.730. The van der Waals surface area contributed by atoms with Gasteiger partial charge >= 0.3 is 0 Å². The number of carbonyl (C=O) groups excluding carboxylic acids is 5. The first-order valence-electron chi connectivity index (χ1n) is 18.1. The second-order valence-corrected chi connectivity index (χ2v) is 16.7. The second-order valence-electron chi connectivity index (χ2n) is 15.6. The molecule has 8 unspecified atom stereocenters. The SMILES string of the molecule is C=CC(C)(C)OC(C)C1NC(=O)C2CSC(=N2)C(CC(C)C)NC(=O)C(C(C)OC(C)(C)C=C)NC(=O)C2CCCN2C(=O)C(C(C)C)NC1=O. The van der Waals surface area contributed by atoms with Crippen LogP contribution in [-0.2, 0) is 33.4 Å². The lowest BCUT2D eigenvalue weighted by molar-refractivity contribution is -0.145. The maximum absolute atomic E-state index is 14.2. The summed E-state index contributed by atoms with van der Waals surface area (Å²) in [5.41, 5.74) is -1.63. The van der Waals surface area contributed by atoms with Crippen molar-refractivity contribution in [1.29, 1.82) is 0 Å². The van der Waals surface area contributed by atoms with Crippen LogP contribution < -0.4 is 21.3 Å². The Hall–Kier alpha value is -3.23. The van der Waals surface area contributed by atoms with Gasteiger partial charge in [0, 0.05) is 12.3 Å². The minimum absolute atomic E-state index is 0.150. The molecule has 0 saturated carbocycles. The monoisotopic (exact) mass is 732 g/mol. The van der Waals surface area contributed by atoms with E-state index in [-0.39, 0.29) is 11.8 Å².